The van der Waals surface area contributed by atoms with Gasteiger partial charge in [0.05, 0.1) is 18.4 Å². The van der Waals surface area contributed by atoms with E-state index in [1.54, 1.807) is 0 Å². The van der Waals surface area contributed by atoms with Gasteiger partial charge in [-0.05, 0) is 0 Å². The van der Waals surface area contributed by atoms with Crippen molar-refractivity contribution in [3.63, 3.8) is 0 Å². The molecule has 1 fully saturated rings. The summed E-state index contributed by atoms with van der Waals surface area (Å²) in [5.74, 6) is 2.04. The van der Waals surface area contributed by atoms with Gasteiger partial charge in [0.25, 0.3) is 0 Å². The van der Waals surface area contributed by atoms with Gasteiger partial charge in [-0.25, -0.2) is 4.98 Å². The van der Waals surface area contributed by atoms with Crippen LogP contribution in [0.2, 0.25) is 0 Å². The smallest absolute Gasteiger partial charge is 0.312 e. The summed E-state index contributed by atoms with van der Waals surface area (Å²) in [5.41, 5.74) is 2.05. The second-order valence-electron chi connectivity index (χ2n) is 5.03. The lowest BCUT2D eigenvalue weighted by Crippen LogP contribution is -2.53. The summed E-state index contributed by atoms with van der Waals surface area (Å²) in [6, 6.07) is 0. The zero-order chi connectivity index (χ0) is 16.1. The van der Waals surface area contributed by atoms with Gasteiger partial charge < -0.3 is 20.7 Å². The van der Waals surface area contributed by atoms with Crippen LogP contribution in [0.25, 0.3) is 11.2 Å². The molecular weight excluding hydrogens is 292 g/mol. The molecule has 1 saturated heterocycles. The number of imidazole rings is 1. The monoisotopic (exact) mass is 303 g/mol. The minimum Gasteiger partial charge on any atom is -0.396 e. The number of anilines is 1. The Balaban J connectivity index is 2.09. The molecule has 8 nitrogen and oxygen atoms in total. The molecule has 2 radical (unpaired) electrons. The van der Waals surface area contributed by atoms with Gasteiger partial charge in [0.1, 0.15) is 14.1 Å². The first-order valence-electron chi connectivity index (χ1n) is 6.27. The molecule has 2 aromatic heterocycles. The van der Waals surface area contributed by atoms with Gasteiger partial charge in [0, 0.05) is 6.42 Å². The van der Waals surface area contributed by atoms with E-state index in [1.807, 2.05) is 0 Å². The SMILES string of the molecule is [B][C@@]1(O)C[C@H](n2cnc3c(N)nc(F)nc32)O[C@]1(C#C)CO. The van der Waals surface area contributed by atoms with Crippen LogP contribution >= 0.6 is 0 Å². The number of aliphatic hydroxyl groups excluding tert-OH is 1. The molecule has 0 aliphatic carbocycles. The second kappa shape index (κ2) is 4.64. The van der Waals surface area contributed by atoms with Crippen molar-refractivity contribution in [1.82, 2.24) is 19.5 Å². The van der Waals surface area contributed by atoms with E-state index >= 15 is 0 Å². The standard InChI is InChI=1S/C12H11BFN5O3/c1-2-11(4-20)12(13,21)3-6(22-11)19-5-16-7-8(15)17-10(14)18-9(7)19/h1,5-6,20-21H,3-4H2,(H2,15,17,18)/t6-,11-,12-/m1/s1. The van der Waals surface area contributed by atoms with Gasteiger partial charge in [-0.2, -0.15) is 14.4 Å². The summed E-state index contributed by atoms with van der Waals surface area (Å²) >= 11 is 0. The third-order valence-electron chi connectivity index (χ3n) is 3.71. The number of nitrogen functional groups attached to an aromatic ring is 1. The maximum atomic E-state index is 13.3. The third kappa shape index (κ3) is 1.87. The maximum Gasteiger partial charge on any atom is 0.312 e. The van der Waals surface area contributed by atoms with Gasteiger partial charge in [0.2, 0.25) is 0 Å². The zero-order valence-electron chi connectivity index (χ0n) is 11.3. The molecule has 10 heteroatoms. The normalized spacial score (nSPS) is 31.5. The molecule has 2 aromatic rings. The van der Waals surface area contributed by atoms with Crippen LogP contribution < -0.4 is 5.73 Å². The molecule has 0 unspecified atom stereocenters. The van der Waals surface area contributed by atoms with E-state index < -0.39 is 30.0 Å². The number of hydrogen-bond donors (Lipinski definition) is 3. The van der Waals surface area contributed by atoms with Crippen molar-refractivity contribution in [3.05, 3.63) is 12.4 Å². The third-order valence-corrected chi connectivity index (χ3v) is 3.71. The molecule has 22 heavy (non-hydrogen) atoms. The fourth-order valence-corrected chi connectivity index (χ4v) is 2.46. The van der Waals surface area contributed by atoms with E-state index in [2.05, 4.69) is 20.9 Å². The molecule has 1 aliphatic heterocycles. The summed E-state index contributed by atoms with van der Waals surface area (Å²) in [6.07, 6.45) is 4.52. The fraction of sp³-hybridized carbons (Fsp3) is 0.417. The molecule has 0 aromatic carbocycles. The molecule has 0 bridgehead atoms. The number of rotatable bonds is 2. The van der Waals surface area contributed by atoms with Crippen LogP contribution in [0.5, 0.6) is 0 Å². The number of ether oxygens (including phenoxy) is 1. The molecule has 0 saturated carbocycles. The van der Waals surface area contributed by atoms with Crippen LogP contribution in [-0.4, -0.2) is 55.3 Å². The predicted molar refractivity (Wildman–Crippen MR) is 73.8 cm³/mol. The zero-order valence-corrected chi connectivity index (χ0v) is 11.3. The topological polar surface area (TPSA) is 119 Å². The first kappa shape index (κ1) is 14.7. The molecule has 0 spiro atoms. The first-order valence-corrected chi connectivity index (χ1v) is 6.27. The summed E-state index contributed by atoms with van der Waals surface area (Å²) < 4.78 is 20.2. The van der Waals surface area contributed by atoms with Crippen molar-refractivity contribution in [2.24, 2.45) is 0 Å². The molecule has 3 atom stereocenters. The minimum atomic E-state index is -1.98. The van der Waals surface area contributed by atoms with E-state index in [4.69, 9.17) is 24.7 Å². The summed E-state index contributed by atoms with van der Waals surface area (Å²) in [7, 11) is 5.74. The van der Waals surface area contributed by atoms with E-state index in [0.29, 0.717) is 0 Å². The molecule has 4 N–H and O–H groups in total. The average Bonchev–Trinajstić information content (AvgIpc) is 2.97. The van der Waals surface area contributed by atoms with Crippen LogP contribution in [0.3, 0.4) is 0 Å². The fourth-order valence-electron chi connectivity index (χ4n) is 2.46. The molecule has 1 aliphatic rings. The highest BCUT2D eigenvalue weighted by atomic mass is 19.1. The van der Waals surface area contributed by atoms with Crippen molar-refractivity contribution in [2.45, 2.75) is 23.8 Å². The number of hydrogen-bond acceptors (Lipinski definition) is 7. The number of nitrogens with zero attached hydrogens (tertiary/aromatic N) is 4. The Morgan fingerprint density at radius 3 is 2.95 bits per heavy atom. The van der Waals surface area contributed by atoms with E-state index in [1.165, 1.54) is 10.9 Å². The Morgan fingerprint density at radius 2 is 2.36 bits per heavy atom. The van der Waals surface area contributed by atoms with Crippen LogP contribution in [0.4, 0.5) is 10.2 Å². The van der Waals surface area contributed by atoms with Crippen LogP contribution in [0, 0.1) is 18.4 Å². The van der Waals surface area contributed by atoms with E-state index in [0.717, 1.165) is 0 Å². The predicted octanol–water partition coefficient (Wildman–Crippen LogP) is -1.31. The van der Waals surface area contributed by atoms with Gasteiger partial charge >= 0.3 is 6.08 Å². The van der Waals surface area contributed by atoms with Crippen LogP contribution in [0.15, 0.2) is 6.33 Å². The lowest BCUT2D eigenvalue weighted by atomic mass is 9.68. The Hall–Kier alpha value is -2.22. The quantitative estimate of drug-likeness (QED) is 0.358. The summed E-state index contributed by atoms with van der Waals surface area (Å²) in [4.78, 5) is 11.0. The van der Waals surface area contributed by atoms with E-state index in [-0.39, 0.29) is 23.4 Å². The van der Waals surface area contributed by atoms with Crippen molar-refractivity contribution in [3.8, 4) is 12.3 Å². The number of halogens is 1. The summed E-state index contributed by atoms with van der Waals surface area (Å²) in [5, 5.41) is 19.7. The van der Waals surface area contributed by atoms with Gasteiger partial charge in [0.15, 0.2) is 22.6 Å². The average molecular weight is 303 g/mol. The number of nitrogens with two attached hydrogens (primary N) is 1. The Morgan fingerprint density at radius 1 is 1.64 bits per heavy atom. The van der Waals surface area contributed by atoms with Crippen LogP contribution in [-0.2, 0) is 4.74 Å². The highest BCUT2D eigenvalue weighted by Gasteiger charge is 2.55. The summed E-state index contributed by atoms with van der Waals surface area (Å²) in [6.45, 7) is -0.689. The van der Waals surface area contributed by atoms with Crippen molar-refractivity contribution < 1.29 is 19.3 Å². The highest BCUT2D eigenvalue weighted by Crippen LogP contribution is 2.43. The Labute approximate surface area is 125 Å². The van der Waals surface area contributed by atoms with E-state index in [9.17, 15) is 14.6 Å². The Bertz CT molecular complexity index is 789. The molecular formula is C12H11BFN5O3. The van der Waals surface area contributed by atoms with Crippen molar-refractivity contribution in [1.29, 1.82) is 0 Å². The highest BCUT2D eigenvalue weighted by molar-refractivity contribution is 6.15. The van der Waals surface area contributed by atoms with Crippen molar-refractivity contribution in [2.75, 3.05) is 12.3 Å². The second-order valence-corrected chi connectivity index (χ2v) is 5.03. The Kier molecular flexibility index (Phi) is 3.10. The largest absolute Gasteiger partial charge is 0.396 e. The lowest BCUT2D eigenvalue weighted by molar-refractivity contribution is -0.101. The molecule has 112 valence electrons. The van der Waals surface area contributed by atoms with Gasteiger partial charge in [-0.1, -0.05) is 5.92 Å². The maximum absolute atomic E-state index is 13.3. The van der Waals surface area contributed by atoms with Crippen LogP contribution in [0.1, 0.15) is 12.6 Å². The lowest BCUT2D eigenvalue weighted by Gasteiger charge is -2.32. The molecule has 3 heterocycles. The van der Waals surface area contributed by atoms with Gasteiger partial charge in [-0.15, -0.1) is 6.42 Å². The molecule has 3 rings (SSSR count). The first-order chi connectivity index (χ1) is 10.3. The minimum absolute atomic E-state index is 0.0663. The number of terminal acetylenes is 1. The van der Waals surface area contributed by atoms with Crippen molar-refractivity contribution >= 4 is 24.8 Å². The number of aliphatic hydroxyl groups is 2. The van der Waals surface area contributed by atoms with Gasteiger partial charge in [-0.3, -0.25) is 4.57 Å². The molecule has 0 amide bonds. The number of aromatic nitrogens is 4. The number of fused-ring (bicyclic) bond motifs is 1.